The summed E-state index contributed by atoms with van der Waals surface area (Å²) in [5, 5.41) is 6.15. The van der Waals surface area contributed by atoms with Crippen molar-refractivity contribution in [1.29, 1.82) is 0 Å². The second kappa shape index (κ2) is 8.79. The summed E-state index contributed by atoms with van der Waals surface area (Å²) in [5.41, 5.74) is 1.39. The molecule has 1 saturated heterocycles. The molecule has 1 fully saturated rings. The molecule has 1 aliphatic heterocycles. The maximum absolute atomic E-state index is 13.4. The molecule has 2 aromatic carbocycles. The van der Waals surface area contributed by atoms with E-state index in [2.05, 4.69) is 28.2 Å². The Hall–Kier alpha value is -2.99. The van der Waals surface area contributed by atoms with Gasteiger partial charge in [-0.3, -0.25) is 19.5 Å². The summed E-state index contributed by atoms with van der Waals surface area (Å²) in [6.07, 6.45) is 2.66. The van der Waals surface area contributed by atoms with Crippen molar-refractivity contribution in [3.63, 3.8) is 0 Å². The van der Waals surface area contributed by atoms with E-state index in [9.17, 15) is 9.59 Å². The van der Waals surface area contributed by atoms with Gasteiger partial charge >= 0.3 is 0 Å². The first-order valence-corrected chi connectivity index (χ1v) is 10.6. The molecule has 1 aliphatic rings. The van der Waals surface area contributed by atoms with Crippen LogP contribution in [-0.2, 0) is 4.79 Å². The van der Waals surface area contributed by atoms with E-state index in [1.54, 1.807) is 6.20 Å². The zero-order chi connectivity index (χ0) is 21.1. The molecule has 6 nitrogen and oxygen atoms in total. The monoisotopic (exact) mass is 404 g/mol. The van der Waals surface area contributed by atoms with E-state index in [0.717, 1.165) is 28.1 Å². The van der Waals surface area contributed by atoms with Gasteiger partial charge in [0.2, 0.25) is 5.91 Å². The number of carbonyl (C=O) groups is 2. The van der Waals surface area contributed by atoms with Crippen molar-refractivity contribution >= 4 is 33.5 Å². The molecule has 1 atom stereocenters. The van der Waals surface area contributed by atoms with E-state index in [-0.39, 0.29) is 17.9 Å². The first-order valence-electron chi connectivity index (χ1n) is 10.6. The van der Waals surface area contributed by atoms with Gasteiger partial charge in [0.15, 0.2) is 0 Å². The molecular weight excluding hydrogens is 376 g/mol. The van der Waals surface area contributed by atoms with Gasteiger partial charge in [-0.25, -0.2) is 0 Å². The number of rotatable bonds is 5. The number of nitrogens with one attached hydrogen (secondary N) is 1. The smallest absolute Gasteiger partial charge is 0.256 e. The molecule has 1 N–H and O–H groups in total. The number of amides is 2. The fourth-order valence-electron chi connectivity index (χ4n) is 4.00. The SMILES string of the molecule is CCC(C)NC(=O)CN1CCN(C(=O)c2cc3ccccc3c3cccnc23)CC1. The van der Waals surface area contributed by atoms with Crippen molar-refractivity contribution in [1.82, 2.24) is 20.1 Å². The minimum Gasteiger partial charge on any atom is -0.353 e. The Balaban J connectivity index is 1.49. The van der Waals surface area contributed by atoms with Gasteiger partial charge in [0.1, 0.15) is 0 Å². The number of hydrogen-bond acceptors (Lipinski definition) is 4. The quantitative estimate of drug-likeness (QED) is 0.664. The molecule has 2 amide bonds. The fraction of sp³-hybridized carbons (Fsp3) is 0.375. The van der Waals surface area contributed by atoms with Crippen molar-refractivity contribution < 1.29 is 9.59 Å². The number of aromatic nitrogens is 1. The standard InChI is InChI=1S/C24H28N4O2/c1-3-17(2)26-22(29)16-27-11-13-28(14-12-27)24(30)21-15-18-7-4-5-8-19(18)20-9-6-10-25-23(20)21/h4-10,15,17H,3,11-14,16H2,1-2H3,(H,26,29). The van der Waals surface area contributed by atoms with Crippen LogP contribution in [0.25, 0.3) is 21.7 Å². The summed E-state index contributed by atoms with van der Waals surface area (Å²) in [7, 11) is 0. The molecule has 156 valence electrons. The lowest BCUT2D eigenvalue weighted by Crippen LogP contribution is -2.51. The highest BCUT2D eigenvalue weighted by Gasteiger charge is 2.25. The lowest BCUT2D eigenvalue weighted by atomic mass is 10.00. The third-order valence-electron chi connectivity index (χ3n) is 5.89. The number of fused-ring (bicyclic) bond motifs is 3. The predicted molar refractivity (Wildman–Crippen MR) is 119 cm³/mol. The second-order valence-corrected chi connectivity index (χ2v) is 7.99. The van der Waals surface area contributed by atoms with E-state index >= 15 is 0 Å². The van der Waals surface area contributed by atoms with E-state index in [4.69, 9.17) is 0 Å². The highest BCUT2D eigenvalue weighted by molar-refractivity contribution is 6.15. The third-order valence-corrected chi connectivity index (χ3v) is 5.89. The van der Waals surface area contributed by atoms with Crippen LogP contribution in [0.4, 0.5) is 0 Å². The van der Waals surface area contributed by atoms with Gasteiger partial charge in [0.05, 0.1) is 17.6 Å². The van der Waals surface area contributed by atoms with E-state index in [1.165, 1.54) is 0 Å². The molecule has 2 heterocycles. The zero-order valence-corrected chi connectivity index (χ0v) is 17.6. The molecule has 1 unspecified atom stereocenters. The van der Waals surface area contributed by atoms with Crippen LogP contribution >= 0.6 is 0 Å². The van der Waals surface area contributed by atoms with E-state index in [0.29, 0.717) is 38.3 Å². The third kappa shape index (κ3) is 4.14. The van der Waals surface area contributed by atoms with Gasteiger partial charge in [0, 0.05) is 43.8 Å². The summed E-state index contributed by atoms with van der Waals surface area (Å²) in [6.45, 7) is 7.05. The van der Waals surface area contributed by atoms with Crippen LogP contribution in [0, 0.1) is 0 Å². The fourth-order valence-corrected chi connectivity index (χ4v) is 4.00. The van der Waals surface area contributed by atoms with Crippen LogP contribution in [0.5, 0.6) is 0 Å². The van der Waals surface area contributed by atoms with Crippen LogP contribution in [-0.4, -0.2) is 65.4 Å². The summed E-state index contributed by atoms with van der Waals surface area (Å²) in [4.78, 5) is 34.0. The Morgan fingerprint density at radius 2 is 1.80 bits per heavy atom. The van der Waals surface area contributed by atoms with Gasteiger partial charge in [-0.1, -0.05) is 37.3 Å². The molecule has 0 aliphatic carbocycles. The van der Waals surface area contributed by atoms with Gasteiger partial charge in [-0.2, -0.15) is 0 Å². The predicted octanol–water partition coefficient (Wildman–Crippen LogP) is 3.06. The Kier molecular flexibility index (Phi) is 5.95. The van der Waals surface area contributed by atoms with Crippen molar-refractivity contribution in [2.24, 2.45) is 0 Å². The largest absolute Gasteiger partial charge is 0.353 e. The maximum Gasteiger partial charge on any atom is 0.256 e. The summed E-state index contributed by atoms with van der Waals surface area (Å²) < 4.78 is 0. The van der Waals surface area contributed by atoms with Crippen LogP contribution in [0.15, 0.2) is 48.7 Å². The average Bonchev–Trinajstić information content (AvgIpc) is 2.78. The Labute approximate surface area is 176 Å². The molecule has 3 aromatic rings. The second-order valence-electron chi connectivity index (χ2n) is 7.99. The number of benzene rings is 2. The molecule has 0 radical (unpaired) electrons. The average molecular weight is 405 g/mol. The molecule has 30 heavy (non-hydrogen) atoms. The number of nitrogens with zero attached hydrogens (tertiary/aromatic N) is 3. The van der Waals surface area contributed by atoms with Gasteiger partial charge in [0.25, 0.3) is 5.91 Å². The van der Waals surface area contributed by atoms with Gasteiger partial charge in [-0.05, 0) is 36.2 Å². The summed E-state index contributed by atoms with van der Waals surface area (Å²) in [6, 6.07) is 14.2. The molecule has 1 aromatic heterocycles. The number of carbonyl (C=O) groups excluding carboxylic acids is 2. The lowest BCUT2D eigenvalue weighted by molar-refractivity contribution is -0.123. The first kappa shape index (κ1) is 20.3. The maximum atomic E-state index is 13.4. The molecule has 0 bridgehead atoms. The minimum absolute atomic E-state index is 0.00756. The Morgan fingerprint density at radius 3 is 2.57 bits per heavy atom. The highest BCUT2D eigenvalue weighted by atomic mass is 16.2. The zero-order valence-electron chi connectivity index (χ0n) is 17.6. The van der Waals surface area contributed by atoms with Crippen LogP contribution in [0.2, 0.25) is 0 Å². The Bertz CT molecular complexity index is 1070. The van der Waals surface area contributed by atoms with Crippen LogP contribution in [0.3, 0.4) is 0 Å². The molecule has 0 saturated carbocycles. The number of pyridine rings is 1. The van der Waals surface area contributed by atoms with Crippen molar-refractivity contribution in [2.45, 2.75) is 26.3 Å². The number of piperazine rings is 1. The van der Waals surface area contributed by atoms with Gasteiger partial charge < -0.3 is 10.2 Å². The van der Waals surface area contributed by atoms with Crippen molar-refractivity contribution in [2.75, 3.05) is 32.7 Å². The topological polar surface area (TPSA) is 65.5 Å². The number of hydrogen-bond donors (Lipinski definition) is 1. The normalized spacial score (nSPS) is 16.0. The molecule has 6 heteroatoms. The van der Waals surface area contributed by atoms with Crippen molar-refractivity contribution in [3.05, 3.63) is 54.2 Å². The molecule has 4 rings (SSSR count). The molecule has 0 spiro atoms. The molecular formula is C24H28N4O2. The van der Waals surface area contributed by atoms with Gasteiger partial charge in [-0.15, -0.1) is 0 Å². The van der Waals surface area contributed by atoms with Crippen LogP contribution < -0.4 is 5.32 Å². The van der Waals surface area contributed by atoms with E-state index < -0.39 is 0 Å². The highest BCUT2D eigenvalue weighted by Crippen LogP contribution is 2.28. The lowest BCUT2D eigenvalue weighted by Gasteiger charge is -2.34. The van der Waals surface area contributed by atoms with Crippen molar-refractivity contribution in [3.8, 4) is 0 Å². The summed E-state index contributed by atoms with van der Waals surface area (Å²) in [5.74, 6) is 0.0574. The van der Waals surface area contributed by atoms with E-state index in [1.807, 2.05) is 48.2 Å². The summed E-state index contributed by atoms with van der Waals surface area (Å²) >= 11 is 0. The first-order chi connectivity index (χ1) is 14.6. The van der Waals surface area contributed by atoms with Crippen LogP contribution in [0.1, 0.15) is 30.6 Å². The Morgan fingerprint density at radius 1 is 1.07 bits per heavy atom. The minimum atomic E-state index is 0.00756.